The van der Waals surface area contributed by atoms with Crippen LogP contribution in [0.15, 0.2) is 22.7 Å². The summed E-state index contributed by atoms with van der Waals surface area (Å²) in [5.41, 5.74) is 0.114. The lowest BCUT2D eigenvalue weighted by Gasteiger charge is -2.12. The Hall–Kier alpha value is -1.41. The van der Waals surface area contributed by atoms with Gasteiger partial charge in [-0.2, -0.15) is 0 Å². The average molecular weight is 362 g/mol. The van der Waals surface area contributed by atoms with Gasteiger partial charge in [-0.25, -0.2) is 13.2 Å². The highest BCUT2D eigenvalue weighted by Gasteiger charge is 2.33. The molecule has 1 aromatic rings. The standard InChI is InChI=1S/C12H12BrNO5S/c13-8-1-2-10(9(5-8)12(16)17)14-11(15)7-3-4-20(18,19)6-7/h1-2,5,7H,3-4,6H2,(H,14,15)(H,16,17). The highest BCUT2D eigenvalue weighted by Crippen LogP contribution is 2.24. The van der Waals surface area contributed by atoms with E-state index in [0.717, 1.165) is 0 Å². The quantitative estimate of drug-likeness (QED) is 0.849. The van der Waals surface area contributed by atoms with E-state index in [9.17, 15) is 18.0 Å². The van der Waals surface area contributed by atoms with Crippen molar-refractivity contribution in [2.75, 3.05) is 16.8 Å². The summed E-state index contributed by atoms with van der Waals surface area (Å²) in [6, 6.07) is 4.45. The van der Waals surface area contributed by atoms with E-state index in [0.29, 0.717) is 4.47 Å². The van der Waals surface area contributed by atoms with Gasteiger partial charge in [0.15, 0.2) is 9.84 Å². The Morgan fingerprint density at radius 3 is 2.60 bits per heavy atom. The molecule has 0 aliphatic carbocycles. The van der Waals surface area contributed by atoms with Crippen LogP contribution in [0.5, 0.6) is 0 Å². The van der Waals surface area contributed by atoms with Gasteiger partial charge >= 0.3 is 5.97 Å². The first kappa shape index (κ1) is 15.0. The van der Waals surface area contributed by atoms with Crippen molar-refractivity contribution in [1.29, 1.82) is 0 Å². The molecule has 1 aliphatic rings. The number of carbonyl (C=O) groups is 2. The van der Waals surface area contributed by atoms with Gasteiger partial charge in [0.1, 0.15) is 0 Å². The summed E-state index contributed by atoms with van der Waals surface area (Å²) in [5, 5.41) is 11.6. The van der Waals surface area contributed by atoms with Crippen LogP contribution in [-0.4, -0.2) is 36.9 Å². The molecule has 1 atom stereocenters. The fourth-order valence-corrected chi connectivity index (χ4v) is 4.14. The maximum atomic E-state index is 12.0. The topological polar surface area (TPSA) is 101 Å². The van der Waals surface area contributed by atoms with E-state index in [-0.39, 0.29) is 29.2 Å². The summed E-state index contributed by atoms with van der Waals surface area (Å²) in [6.07, 6.45) is 0.271. The Bertz CT molecular complexity index is 670. The van der Waals surface area contributed by atoms with Gasteiger partial charge in [-0.05, 0) is 24.6 Å². The normalized spacial score (nSPS) is 20.6. The minimum atomic E-state index is -3.15. The number of halogens is 1. The number of anilines is 1. The second-order valence-corrected chi connectivity index (χ2v) is 7.73. The lowest BCUT2D eigenvalue weighted by atomic mass is 10.1. The fourth-order valence-electron chi connectivity index (χ4n) is 2.04. The van der Waals surface area contributed by atoms with Crippen molar-refractivity contribution in [2.24, 2.45) is 5.92 Å². The third-order valence-electron chi connectivity index (χ3n) is 3.07. The predicted octanol–water partition coefficient (Wildman–Crippen LogP) is 1.52. The Balaban J connectivity index is 2.18. The van der Waals surface area contributed by atoms with Crippen molar-refractivity contribution in [3.8, 4) is 0 Å². The molecule has 1 unspecified atom stereocenters. The SMILES string of the molecule is O=C(O)c1cc(Br)ccc1NC(=O)C1CCS(=O)(=O)C1. The van der Waals surface area contributed by atoms with Crippen molar-refractivity contribution in [2.45, 2.75) is 6.42 Å². The molecule has 0 bridgehead atoms. The Morgan fingerprint density at radius 2 is 2.05 bits per heavy atom. The monoisotopic (exact) mass is 361 g/mol. The molecule has 108 valence electrons. The third-order valence-corrected chi connectivity index (χ3v) is 5.33. The number of hydrogen-bond donors (Lipinski definition) is 2. The first-order valence-corrected chi connectivity index (χ1v) is 8.44. The molecule has 0 aromatic heterocycles. The fraction of sp³-hybridized carbons (Fsp3) is 0.333. The van der Waals surface area contributed by atoms with Crippen molar-refractivity contribution < 1.29 is 23.1 Å². The zero-order valence-electron chi connectivity index (χ0n) is 10.3. The largest absolute Gasteiger partial charge is 0.478 e. The van der Waals surface area contributed by atoms with E-state index in [1.165, 1.54) is 12.1 Å². The van der Waals surface area contributed by atoms with E-state index < -0.39 is 27.6 Å². The van der Waals surface area contributed by atoms with Crippen molar-refractivity contribution in [3.05, 3.63) is 28.2 Å². The van der Waals surface area contributed by atoms with E-state index in [4.69, 9.17) is 5.11 Å². The maximum absolute atomic E-state index is 12.0. The molecule has 1 saturated heterocycles. The maximum Gasteiger partial charge on any atom is 0.337 e. The van der Waals surface area contributed by atoms with Crippen LogP contribution in [0.3, 0.4) is 0 Å². The van der Waals surface area contributed by atoms with E-state index in [1.54, 1.807) is 6.07 Å². The first-order valence-electron chi connectivity index (χ1n) is 5.82. The number of carboxylic acid groups (broad SMARTS) is 1. The van der Waals surface area contributed by atoms with Gasteiger partial charge in [0.05, 0.1) is 28.7 Å². The molecule has 2 N–H and O–H groups in total. The molecule has 1 amide bonds. The Kier molecular flexibility index (Phi) is 4.14. The summed E-state index contributed by atoms with van der Waals surface area (Å²) in [6.45, 7) is 0. The number of hydrogen-bond acceptors (Lipinski definition) is 4. The summed E-state index contributed by atoms with van der Waals surface area (Å²) < 4.78 is 23.3. The third kappa shape index (κ3) is 3.37. The van der Waals surface area contributed by atoms with Gasteiger partial charge in [0.25, 0.3) is 0 Å². The molecule has 0 radical (unpaired) electrons. The van der Waals surface area contributed by atoms with Crippen LogP contribution in [0.1, 0.15) is 16.8 Å². The summed E-state index contributed by atoms with van der Waals surface area (Å²) in [5.74, 6) is -2.43. The van der Waals surface area contributed by atoms with Gasteiger partial charge in [0, 0.05) is 4.47 Å². The molecule has 1 aliphatic heterocycles. The van der Waals surface area contributed by atoms with Gasteiger partial charge in [0.2, 0.25) is 5.91 Å². The number of sulfone groups is 1. The van der Waals surface area contributed by atoms with Gasteiger partial charge in [-0.3, -0.25) is 4.79 Å². The minimum absolute atomic E-state index is 0.00277. The van der Waals surface area contributed by atoms with E-state index in [2.05, 4.69) is 21.2 Å². The summed E-state index contributed by atoms with van der Waals surface area (Å²) in [7, 11) is -3.15. The molecular formula is C12H12BrNO5S. The van der Waals surface area contributed by atoms with Crippen LogP contribution in [-0.2, 0) is 14.6 Å². The molecule has 20 heavy (non-hydrogen) atoms. The van der Waals surface area contributed by atoms with E-state index in [1.807, 2.05) is 0 Å². The minimum Gasteiger partial charge on any atom is -0.478 e. The van der Waals surface area contributed by atoms with Crippen LogP contribution >= 0.6 is 15.9 Å². The van der Waals surface area contributed by atoms with Crippen LogP contribution in [0.4, 0.5) is 5.69 Å². The number of carboxylic acids is 1. The molecular weight excluding hydrogens is 350 g/mol. The highest BCUT2D eigenvalue weighted by molar-refractivity contribution is 9.10. The highest BCUT2D eigenvalue weighted by atomic mass is 79.9. The second-order valence-electron chi connectivity index (χ2n) is 4.58. The molecule has 6 nitrogen and oxygen atoms in total. The van der Waals surface area contributed by atoms with Crippen molar-refractivity contribution in [3.63, 3.8) is 0 Å². The molecule has 0 saturated carbocycles. The number of rotatable bonds is 3. The van der Waals surface area contributed by atoms with Crippen LogP contribution in [0, 0.1) is 5.92 Å². The average Bonchev–Trinajstić information content (AvgIpc) is 2.71. The van der Waals surface area contributed by atoms with Crippen molar-refractivity contribution in [1.82, 2.24) is 0 Å². The smallest absolute Gasteiger partial charge is 0.337 e. The first-order chi connectivity index (χ1) is 9.28. The lowest BCUT2D eigenvalue weighted by Crippen LogP contribution is -2.24. The van der Waals surface area contributed by atoms with Gasteiger partial charge in [-0.15, -0.1) is 0 Å². The lowest BCUT2D eigenvalue weighted by molar-refractivity contribution is -0.119. The zero-order valence-corrected chi connectivity index (χ0v) is 12.7. The molecule has 0 spiro atoms. The number of nitrogens with one attached hydrogen (secondary N) is 1. The van der Waals surface area contributed by atoms with Gasteiger partial charge < -0.3 is 10.4 Å². The van der Waals surface area contributed by atoms with Crippen LogP contribution in [0.25, 0.3) is 0 Å². The molecule has 2 rings (SSSR count). The van der Waals surface area contributed by atoms with Crippen molar-refractivity contribution >= 4 is 43.3 Å². The molecule has 1 heterocycles. The molecule has 1 fully saturated rings. The Labute approximate surface area is 124 Å². The van der Waals surface area contributed by atoms with Crippen LogP contribution in [0.2, 0.25) is 0 Å². The number of amides is 1. The van der Waals surface area contributed by atoms with Crippen LogP contribution < -0.4 is 5.32 Å². The number of carbonyl (C=O) groups excluding carboxylic acids is 1. The zero-order chi connectivity index (χ0) is 14.9. The molecule has 8 heteroatoms. The second kappa shape index (κ2) is 5.53. The predicted molar refractivity (Wildman–Crippen MR) is 76.5 cm³/mol. The number of aromatic carboxylic acids is 1. The Morgan fingerprint density at radius 1 is 1.35 bits per heavy atom. The summed E-state index contributed by atoms with van der Waals surface area (Å²) >= 11 is 3.16. The van der Waals surface area contributed by atoms with E-state index >= 15 is 0 Å². The molecule has 1 aromatic carbocycles. The number of benzene rings is 1. The van der Waals surface area contributed by atoms with Gasteiger partial charge in [-0.1, -0.05) is 15.9 Å². The summed E-state index contributed by atoms with van der Waals surface area (Å²) in [4.78, 5) is 23.1.